The van der Waals surface area contributed by atoms with Crippen LogP contribution in [0, 0.1) is 13.8 Å². The quantitative estimate of drug-likeness (QED) is 0.432. The first kappa shape index (κ1) is 21.6. The van der Waals surface area contributed by atoms with Gasteiger partial charge in [0.25, 0.3) is 5.56 Å². The monoisotopic (exact) mass is 411 g/mol. The van der Waals surface area contributed by atoms with Gasteiger partial charge in [-0.25, -0.2) is 0 Å². The number of unbranched alkanes of at least 4 members (excludes halogenated alkanes) is 3. The van der Waals surface area contributed by atoms with Crippen LogP contribution in [-0.2, 0) is 0 Å². The number of hydrogen-bond donors (Lipinski definition) is 3. The number of hydrogen-bond acceptors (Lipinski definition) is 6. The molecule has 0 saturated carbocycles. The molecule has 2 heterocycles. The molecule has 3 aromatic rings. The number of aromatic amines is 1. The number of methoxy groups -OCH3 is 1. The number of fused-ring (bicyclic) bond motifs is 1. The summed E-state index contributed by atoms with van der Waals surface area (Å²) in [6.07, 6.45) is 7.17. The highest BCUT2D eigenvalue weighted by atomic mass is 16.5. The highest BCUT2D eigenvalue weighted by Gasteiger charge is 2.15. The van der Waals surface area contributed by atoms with Crippen LogP contribution in [0.25, 0.3) is 10.9 Å². The number of benzene rings is 1. The number of aliphatic hydroxyl groups excluding tert-OH is 1. The predicted octanol–water partition coefficient (Wildman–Crippen LogP) is 4.22. The van der Waals surface area contributed by atoms with Gasteiger partial charge in [0.2, 0.25) is 0 Å². The number of nitrogens with zero attached hydrogens (tertiary/aromatic N) is 1. The average molecular weight is 412 g/mol. The zero-order chi connectivity index (χ0) is 21.5. The summed E-state index contributed by atoms with van der Waals surface area (Å²) in [5, 5.41) is 13.1. The van der Waals surface area contributed by atoms with Gasteiger partial charge in [0, 0.05) is 36.1 Å². The maximum Gasteiger partial charge on any atom is 0.250 e. The van der Waals surface area contributed by atoms with Crippen LogP contribution in [-0.4, -0.2) is 35.4 Å². The second-order valence-electron chi connectivity index (χ2n) is 7.33. The molecule has 0 saturated heterocycles. The van der Waals surface area contributed by atoms with Gasteiger partial charge < -0.3 is 24.9 Å². The third kappa shape index (κ3) is 4.91. The highest BCUT2D eigenvalue weighted by molar-refractivity contribution is 5.97. The number of H-pyrrole nitrogens is 1. The van der Waals surface area contributed by atoms with E-state index in [0.717, 1.165) is 47.9 Å². The summed E-state index contributed by atoms with van der Waals surface area (Å²) in [5.74, 6) is 1.10. The molecule has 0 spiro atoms. The fourth-order valence-corrected chi connectivity index (χ4v) is 3.46. The van der Waals surface area contributed by atoms with Gasteiger partial charge in [0.1, 0.15) is 0 Å². The minimum atomic E-state index is -0.226. The summed E-state index contributed by atoms with van der Waals surface area (Å²) in [6.45, 7) is 4.67. The van der Waals surface area contributed by atoms with Crippen LogP contribution in [0.4, 0.5) is 11.4 Å². The Morgan fingerprint density at radius 2 is 1.83 bits per heavy atom. The molecule has 0 unspecified atom stereocenters. The van der Waals surface area contributed by atoms with Crippen molar-refractivity contribution in [3.8, 4) is 11.5 Å². The fourth-order valence-electron chi connectivity index (χ4n) is 3.46. The Hall–Kier alpha value is -3.06. The first-order chi connectivity index (χ1) is 14.5. The van der Waals surface area contributed by atoms with Gasteiger partial charge in [-0.3, -0.25) is 9.78 Å². The van der Waals surface area contributed by atoms with Crippen molar-refractivity contribution >= 4 is 22.3 Å². The molecule has 7 heteroatoms. The number of aliphatic hydroxyl groups is 1. The normalized spacial score (nSPS) is 10.9. The van der Waals surface area contributed by atoms with E-state index in [4.69, 9.17) is 14.6 Å². The summed E-state index contributed by atoms with van der Waals surface area (Å²) >= 11 is 0. The zero-order valence-corrected chi connectivity index (χ0v) is 17.7. The van der Waals surface area contributed by atoms with Gasteiger partial charge in [-0.1, -0.05) is 6.42 Å². The molecule has 0 aliphatic carbocycles. The van der Waals surface area contributed by atoms with E-state index < -0.39 is 0 Å². The number of aromatic nitrogens is 2. The number of nitrogens with one attached hydrogen (secondary N) is 2. The van der Waals surface area contributed by atoms with Gasteiger partial charge in [-0.15, -0.1) is 0 Å². The molecule has 0 fully saturated rings. The van der Waals surface area contributed by atoms with Crippen LogP contribution in [0.1, 0.15) is 36.8 Å². The van der Waals surface area contributed by atoms with Crippen LogP contribution in [0.15, 0.2) is 35.4 Å². The third-order valence-electron chi connectivity index (χ3n) is 5.04. The molecule has 30 heavy (non-hydrogen) atoms. The SMILES string of the molecule is COc1ccc2c(Nc3c(C)cncc3C)cc(=O)[nH]c2c1OCCCCCCO. The lowest BCUT2D eigenvalue weighted by atomic mass is 10.1. The third-order valence-corrected chi connectivity index (χ3v) is 5.04. The second-order valence-corrected chi connectivity index (χ2v) is 7.33. The lowest BCUT2D eigenvalue weighted by molar-refractivity contribution is 0.269. The Morgan fingerprint density at radius 3 is 2.53 bits per heavy atom. The Bertz CT molecular complexity index is 1040. The van der Waals surface area contributed by atoms with E-state index in [-0.39, 0.29) is 12.2 Å². The molecule has 0 amide bonds. The second kappa shape index (κ2) is 10.1. The molecule has 0 bridgehead atoms. The Morgan fingerprint density at radius 1 is 1.10 bits per heavy atom. The van der Waals surface area contributed by atoms with Crippen LogP contribution in [0.5, 0.6) is 11.5 Å². The molecule has 160 valence electrons. The molecule has 3 N–H and O–H groups in total. The van der Waals surface area contributed by atoms with E-state index in [1.54, 1.807) is 25.6 Å². The van der Waals surface area contributed by atoms with Gasteiger partial charge in [-0.2, -0.15) is 0 Å². The van der Waals surface area contributed by atoms with Crippen molar-refractivity contribution in [3.63, 3.8) is 0 Å². The topological polar surface area (TPSA) is 96.5 Å². The smallest absolute Gasteiger partial charge is 0.250 e. The molecule has 2 aromatic heterocycles. The van der Waals surface area contributed by atoms with E-state index in [9.17, 15) is 4.79 Å². The number of rotatable bonds is 10. The van der Waals surface area contributed by atoms with Crippen molar-refractivity contribution in [2.45, 2.75) is 39.5 Å². The maximum absolute atomic E-state index is 12.4. The maximum atomic E-state index is 12.4. The zero-order valence-electron chi connectivity index (χ0n) is 17.7. The van der Waals surface area contributed by atoms with Gasteiger partial charge in [-0.05, 0) is 56.4 Å². The number of aryl methyl sites for hydroxylation is 2. The fraction of sp³-hybridized carbons (Fsp3) is 0.391. The molecule has 0 aliphatic heterocycles. The van der Waals surface area contributed by atoms with Crippen molar-refractivity contribution in [2.75, 3.05) is 25.6 Å². The van der Waals surface area contributed by atoms with Crippen molar-refractivity contribution in [1.82, 2.24) is 9.97 Å². The van der Waals surface area contributed by atoms with E-state index in [1.807, 2.05) is 26.0 Å². The standard InChI is InChI=1S/C23H29N3O4/c1-15-13-24-14-16(2)21(15)25-18-12-20(28)26-22-17(18)8-9-19(29-3)23(22)30-11-7-5-4-6-10-27/h8-9,12-14,27H,4-7,10-11H2,1-3H3,(H2,24,25,26,28). The first-order valence-corrected chi connectivity index (χ1v) is 10.2. The Balaban J connectivity index is 1.96. The Kier molecular flexibility index (Phi) is 7.30. The summed E-state index contributed by atoms with van der Waals surface area (Å²) in [7, 11) is 1.58. The van der Waals surface area contributed by atoms with Crippen LogP contribution in [0.2, 0.25) is 0 Å². The van der Waals surface area contributed by atoms with E-state index in [0.29, 0.717) is 29.3 Å². The first-order valence-electron chi connectivity index (χ1n) is 10.2. The average Bonchev–Trinajstić information content (AvgIpc) is 2.73. The van der Waals surface area contributed by atoms with Gasteiger partial charge in [0.15, 0.2) is 11.5 Å². The lowest BCUT2D eigenvalue weighted by Crippen LogP contribution is -2.09. The summed E-state index contributed by atoms with van der Waals surface area (Å²) in [4.78, 5) is 19.5. The Labute approximate surface area is 176 Å². The number of anilines is 2. The number of pyridine rings is 2. The van der Waals surface area contributed by atoms with Crippen molar-refractivity contribution in [1.29, 1.82) is 0 Å². The van der Waals surface area contributed by atoms with Crippen molar-refractivity contribution in [3.05, 3.63) is 52.1 Å². The van der Waals surface area contributed by atoms with E-state index >= 15 is 0 Å². The van der Waals surface area contributed by atoms with E-state index in [2.05, 4.69) is 15.3 Å². The molecule has 0 atom stereocenters. The molecule has 3 rings (SSSR count). The minimum absolute atomic E-state index is 0.214. The van der Waals surface area contributed by atoms with Crippen LogP contribution >= 0.6 is 0 Å². The summed E-state index contributed by atoms with van der Waals surface area (Å²) < 4.78 is 11.5. The van der Waals surface area contributed by atoms with E-state index in [1.165, 1.54) is 0 Å². The minimum Gasteiger partial charge on any atom is -0.493 e. The lowest BCUT2D eigenvalue weighted by Gasteiger charge is -2.17. The largest absolute Gasteiger partial charge is 0.493 e. The molecular formula is C23H29N3O4. The summed E-state index contributed by atoms with van der Waals surface area (Å²) in [5.41, 5.74) is 3.99. The van der Waals surface area contributed by atoms with Gasteiger partial charge >= 0.3 is 0 Å². The van der Waals surface area contributed by atoms with Crippen LogP contribution in [0.3, 0.4) is 0 Å². The van der Waals surface area contributed by atoms with Gasteiger partial charge in [0.05, 0.1) is 24.9 Å². The molecule has 7 nitrogen and oxygen atoms in total. The molecular weight excluding hydrogens is 382 g/mol. The molecule has 0 aliphatic rings. The highest BCUT2D eigenvalue weighted by Crippen LogP contribution is 2.37. The molecule has 1 aromatic carbocycles. The van der Waals surface area contributed by atoms with Crippen LogP contribution < -0.4 is 20.3 Å². The molecule has 0 radical (unpaired) electrons. The predicted molar refractivity (Wildman–Crippen MR) is 119 cm³/mol. The van der Waals surface area contributed by atoms with Crippen molar-refractivity contribution < 1.29 is 14.6 Å². The van der Waals surface area contributed by atoms with Crippen molar-refractivity contribution in [2.24, 2.45) is 0 Å². The summed E-state index contributed by atoms with van der Waals surface area (Å²) in [6, 6.07) is 5.30. The number of ether oxygens (including phenoxy) is 2.